The van der Waals surface area contributed by atoms with E-state index in [2.05, 4.69) is 4.98 Å². The third-order valence-corrected chi connectivity index (χ3v) is 7.03. The molecule has 9 heteroatoms. The van der Waals surface area contributed by atoms with Crippen molar-refractivity contribution >= 4 is 27.0 Å². The van der Waals surface area contributed by atoms with Crippen molar-refractivity contribution in [2.45, 2.75) is 43.0 Å². The minimum Gasteiger partial charge on any atom is -0.465 e. The van der Waals surface area contributed by atoms with Gasteiger partial charge < -0.3 is 14.4 Å². The first-order valence-electron chi connectivity index (χ1n) is 10.1. The first-order chi connectivity index (χ1) is 14.7. The lowest BCUT2D eigenvalue weighted by molar-refractivity contribution is 0.0991. The Kier molecular flexibility index (Phi) is 5.47. The van der Waals surface area contributed by atoms with Crippen LogP contribution in [0.2, 0.25) is 0 Å². The highest BCUT2D eigenvalue weighted by atomic mass is 32.2. The third-order valence-electron chi connectivity index (χ3n) is 5.92. The number of fused-ring (bicyclic) bond motifs is 1. The van der Waals surface area contributed by atoms with Gasteiger partial charge >= 0.3 is 6.09 Å². The number of amides is 1. The third kappa shape index (κ3) is 4.14. The fourth-order valence-corrected chi connectivity index (χ4v) is 4.84. The van der Waals surface area contributed by atoms with E-state index in [4.69, 9.17) is 4.42 Å². The van der Waals surface area contributed by atoms with Gasteiger partial charge in [0.1, 0.15) is 11.3 Å². The Morgan fingerprint density at radius 2 is 2.06 bits per heavy atom. The first-order valence-corrected chi connectivity index (χ1v) is 12.0. The highest BCUT2D eigenvalue weighted by molar-refractivity contribution is 7.90. The first kappa shape index (κ1) is 21.3. The molecule has 1 saturated heterocycles. The minimum absolute atomic E-state index is 0.0281. The molecule has 0 bridgehead atoms. The van der Waals surface area contributed by atoms with E-state index in [1.807, 2.05) is 25.1 Å². The quantitative estimate of drug-likeness (QED) is 0.625. The van der Waals surface area contributed by atoms with Crippen molar-refractivity contribution in [1.29, 1.82) is 0 Å². The number of benzene rings is 2. The van der Waals surface area contributed by atoms with Crippen LogP contribution in [0.4, 0.5) is 9.18 Å². The lowest BCUT2D eigenvalue weighted by atomic mass is 9.84. The van der Waals surface area contributed by atoms with E-state index in [0.29, 0.717) is 17.6 Å². The van der Waals surface area contributed by atoms with Crippen molar-refractivity contribution in [3.8, 4) is 11.5 Å². The number of carbonyl (C=O) groups is 1. The predicted molar refractivity (Wildman–Crippen MR) is 113 cm³/mol. The smallest absolute Gasteiger partial charge is 0.407 e. The summed E-state index contributed by atoms with van der Waals surface area (Å²) < 4.78 is 43.6. The van der Waals surface area contributed by atoms with Gasteiger partial charge in [0.2, 0.25) is 5.89 Å². The van der Waals surface area contributed by atoms with Gasteiger partial charge in [-0.2, -0.15) is 0 Å². The summed E-state index contributed by atoms with van der Waals surface area (Å²) >= 11 is 0. The number of sulfone groups is 1. The van der Waals surface area contributed by atoms with Crippen molar-refractivity contribution in [3.05, 3.63) is 47.8 Å². The fraction of sp³-hybridized carbons (Fsp3) is 0.364. The molecule has 2 atom stereocenters. The number of piperidine rings is 1. The molecule has 7 nitrogen and oxygen atoms in total. The SMILES string of the molecule is CCC1CC(c2ccc3nc(-c4ccc(S(C)(=O)=O)cc4F)oc3c2)CCN1C(=O)O. The van der Waals surface area contributed by atoms with Crippen LogP contribution in [0.15, 0.2) is 45.7 Å². The Morgan fingerprint density at radius 3 is 2.71 bits per heavy atom. The topological polar surface area (TPSA) is 101 Å². The van der Waals surface area contributed by atoms with E-state index in [0.717, 1.165) is 37.1 Å². The zero-order valence-corrected chi connectivity index (χ0v) is 18.0. The largest absolute Gasteiger partial charge is 0.465 e. The molecule has 2 unspecified atom stereocenters. The standard InChI is InChI=1S/C22H23FN2O5S/c1-3-15-10-14(8-9-25(15)22(26)27)13-4-7-19-20(11-13)30-21(24-19)17-6-5-16(12-18(17)23)31(2,28)29/h4-7,11-12,14-15H,3,8-10H2,1-2H3,(H,26,27). The Bertz CT molecular complexity index is 1250. The van der Waals surface area contributed by atoms with Gasteiger partial charge in [0.05, 0.1) is 10.5 Å². The monoisotopic (exact) mass is 446 g/mol. The number of likely N-dealkylation sites (tertiary alicyclic amines) is 1. The summed E-state index contributed by atoms with van der Waals surface area (Å²) in [6, 6.07) is 9.25. The summed E-state index contributed by atoms with van der Waals surface area (Å²) in [6.07, 6.45) is 2.34. The Balaban J connectivity index is 1.63. The summed E-state index contributed by atoms with van der Waals surface area (Å²) in [5.74, 6) is -0.442. The summed E-state index contributed by atoms with van der Waals surface area (Å²) in [5, 5.41) is 9.37. The molecule has 3 aromatic rings. The Hall–Kier alpha value is -2.94. The highest BCUT2D eigenvalue weighted by Crippen LogP contribution is 2.35. The molecule has 1 fully saturated rings. The molecule has 1 amide bonds. The number of oxazole rings is 1. The summed E-state index contributed by atoms with van der Waals surface area (Å²) in [6.45, 7) is 2.47. The van der Waals surface area contributed by atoms with Gasteiger partial charge in [-0.25, -0.2) is 22.6 Å². The Labute approximate surface area is 179 Å². The van der Waals surface area contributed by atoms with Gasteiger partial charge in [0, 0.05) is 18.8 Å². The molecule has 1 aromatic heterocycles. The van der Waals surface area contributed by atoms with Crippen molar-refractivity contribution in [1.82, 2.24) is 9.88 Å². The molecule has 1 N–H and O–H groups in total. The normalized spacial score (nSPS) is 19.6. The molecule has 1 aliphatic heterocycles. The maximum Gasteiger partial charge on any atom is 0.407 e. The van der Waals surface area contributed by atoms with Crippen LogP contribution in [0.3, 0.4) is 0 Å². The summed E-state index contributed by atoms with van der Waals surface area (Å²) in [5.41, 5.74) is 2.20. The average molecular weight is 447 g/mol. The average Bonchev–Trinajstić information content (AvgIpc) is 3.15. The molecule has 0 spiro atoms. The molecule has 1 aliphatic rings. The van der Waals surface area contributed by atoms with E-state index in [1.54, 1.807) is 0 Å². The van der Waals surface area contributed by atoms with E-state index < -0.39 is 21.7 Å². The van der Waals surface area contributed by atoms with E-state index in [1.165, 1.54) is 17.0 Å². The second kappa shape index (κ2) is 7.96. The zero-order valence-electron chi connectivity index (χ0n) is 17.2. The van der Waals surface area contributed by atoms with E-state index in [9.17, 15) is 22.7 Å². The lowest BCUT2D eigenvalue weighted by Crippen LogP contribution is -2.44. The van der Waals surface area contributed by atoms with Crippen LogP contribution in [0.1, 0.15) is 37.7 Å². The number of halogens is 1. The van der Waals surface area contributed by atoms with Gasteiger partial charge in [-0.3, -0.25) is 0 Å². The molecule has 2 heterocycles. The minimum atomic E-state index is -3.51. The number of hydrogen-bond acceptors (Lipinski definition) is 5. The number of nitrogens with zero attached hydrogens (tertiary/aromatic N) is 2. The van der Waals surface area contributed by atoms with Crippen LogP contribution >= 0.6 is 0 Å². The van der Waals surface area contributed by atoms with Crippen LogP contribution in [-0.2, 0) is 9.84 Å². The maximum atomic E-state index is 14.5. The van der Waals surface area contributed by atoms with Crippen LogP contribution in [-0.4, -0.2) is 48.3 Å². The lowest BCUT2D eigenvalue weighted by Gasteiger charge is -2.37. The van der Waals surface area contributed by atoms with Crippen molar-refractivity contribution in [2.24, 2.45) is 0 Å². The molecule has 0 radical (unpaired) electrons. The highest BCUT2D eigenvalue weighted by Gasteiger charge is 2.31. The van der Waals surface area contributed by atoms with Gasteiger partial charge in [-0.1, -0.05) is 13.0 Å². The second-order valence-corrected chi connectivity index (χ2v) is 9.94. The van der Waals surface area contributed by atoms with Crippen LogP contribution in [0.25, 0.3) is 22.6 Å². The predicted octanol–water partition coefficient (Wildman–Crippen LogP) is 4.67. The second-order valence-electron chi connectivity index (χ2n) is 7.92. The van der Waals surface area contributed by atoms with E-state index in [-0.39, 0.29) is 28.3 Å². The number of aromatic nitrogens is 1. The van der Waals surface area contributed by atoms with Gasteiger partial charge in [-0.05, 0) is 61.1 Å². The molecule has 31 heavy (non-hydrogen) atoms. The van der Waals surface area contributed by atoms with Crippen LogP contribution < -0.4 is 0 Å². The Morgan fingerprint density at radius 1 is 1.29 bits per heavy atom. The van der Waals surface area contributed by atoms with Crippen molar-refractivity contribution in [2.75, 3.05) is 12.8 Å². The van der Waals surface area contributed by atoms with Crippen LogP contribution in [0.5, 0.6) is 0 Å². The van der Waals surface area contributed by atoms with Crippen molar-refractivity contribution < 1.29 is 27.1 Å². The van der Waals surface area contributed by atoms with Gasteiger partial charge in [0.25, 0.3) is 0 Å². The number of hydrogen-bond donors (Lipinski definition) is 1. The molecule has 2 aromatic carbocycles. The van der Waals surface area contributed by atoms with Gasteiger partial charge in [-0.15, -0.1) is 0 Å². The molecule has 0 aliphatic carbocycles. The zero-order chi connectivity index (χ0) is 22.3. The number of rotatable bonds is 4. The number of carboxylic acid groups (broad SMARTS) is 1. The van der Waals surface area contributed by atoms with Gasteiger partial charge in [0.15, 0.2) is 15.4 Å². The summed E-state index contributed by atoms with van der Waals surface area (Å²) in [4.78, 5) is 17.2. The molecule has 4 rings (SSSR count). The summed E-state index contributed by atoms with van der Waals surface area (Å²) in [7, 11) is -3.51. The van der Waals surface area contributed by atoms with Crippen molar-refractivity contribution in [3.63, 3.8) is 0 Å². The molecular weight excluding hydrogens is 423 g/mol. The fourth-order valence-electron chi connectivity index (χ4n) is 4.20. The van der Waals surface area contributed by atoms with E-state index >= 15 is 0 Å². The molecule has 164 valence electrons. The maximum absolute atomic E-state index is 14.5. The van der Waals surface area contributed by atoms with Crippen LogP contribution in [0, 0.1) is 5.82 Å². The molecular formula is C22H23FN2O5S. The molecule has 0 saturated carbocycles.